The summed E-state index contributed by atoms with van der Waals surface area (Å²) in [5.74, 6) is 0.428. The molecule has 1 aliphatic rings. The average Bonchev–Trinajstić information content (AvgIpc) is 2.94. The van der Waals surface area contributed by atoms with Crippen LogP contribution in [-0.2, 0) is 11.3 Å². The first-order valence-corrected chi connectivity index (χ1v) is 8.00. The number of carbonyl (C=O) groups excluding carboxylic acids is 1. The minimum Gasteiger partial charge on any atom is -0.353 e. The Morgan fingerprint density at radius 1 is 1.45 bits per heavy atom. The Bertz CT molecular complexity index is 535. The van der Waals surface area contributed by atoms with Crippen molar-refractivity contribution in [1.82, 2.24) is 9.88 Å². The highest BCUT2D eigenvalue weighted by Gasteiger charge is 2.27. The maximum Gasteiger partial charge on any atom is 0.307 e. The SMILES string of the molecule is Cc1sc(=O)n(CCC(=O)NC2CCCC2CN)c1C. The van der Waals surface area contributed by atoms with Crippen LogP contribution >= 0.6 is 11.3 Å². The van der Waals surface area contributed by atoms with Gasteiger partial charge in [-0.1, -0.05) is 17.8 Å². The van der Waals surface area contributed by atoms with Crippen molar-refractivity contribution in [3.63, 3.8) is 0 Å². The predicted molar refractivity (Wildman–Crippen MR) is 81.0 cm³/mol. The minimum atomic E-state index is 0.0190. The van der Waals surface area contributed by atoms with Gasteiger partial charge in [0, 0.05) is 29.6 Å². The summed E-state index contributed by atoms with van der Waals surface area (Å²) in [6.45, 7) is 4.95. The molecule has 1 amide bonds. The molecule has 2 unspecified atom stereocenters. The molecule has 2 rings (SSSR count). The first kappa shape index (κ1) is 15.3. The number of nitrogens with one attached hydrogen (secondary N) is 1. The van der Waals surface area contributed by atoms with Gasteiger partial charge < -0.3 is 15.6 Å². The first-order valence-electron chi connectivity index (χ1n) is 7.19. The van der Waals surface area contributed by atoms with E-state index in [4.69, 9.17) is 5.73 Å². The van der Waals surface area contributed by atoms with Crippen molar-refractivity contribution in [3.8, 4) is 0 Å². The standard InChI is InChI=1S/C14H23N3O2S/c1-9-10(2)20-14(19)17(9)7-6-13(18)16-12-5-3-4-11(12)8-15/h11-12H,3-8,15H2,1-2H3,(H,16,18). The highest BCUT2D eigenvalue weighted by atomic mass is 32.1. The third-order valence-electron chi connectivity index (χ3n) is 4.25. The summed E-state index contributed by atoms with van der Waals surface area (Å²) in [5, 5.41) is 3.06. The van der Waals surface area contributed by atoms with Gasteiger partial charge in [-0.05, 0) is 39.2 Å². The molecule has 0 saturated heterocycles. The van der Waals surface area contributed by atoms with Gasteiger partial charge in [-0.2, -0.15) is 0 Å². The fourth-order valence-electron chi connectivity index (χ4n) is 2.85. The van der Waals surface area contributed by atoms with E-state index in [-0.39, 0.29) is 16.8 Å². The van der Waals surface area contributed by atoms with Crippen LogP contribution in [0.1, 0.15) is 36.3 Å². The van der Waals surface area contributed by atoms with Gasteiger partial charge in [0.25, 0.3) is 0 Å². The Morgan fingerprint density at radius 3 is 2.80 bits per heavy atom. The molecule has 6 heteroatoms. The van der Waals surface area contributed by atoms with Crippen molar-refractivity contribution in [3.05, 3.63) is 20.2 Å². The fraction of sp³-hybridized carbons (Fsp3) is 0.714. The second-order valence-electron chi connectivity index (χ2n) is 5.51. The molecule has 5 nitrogen and oxygen atoms in total. The van der Waals surface area contributed by atoms with E-state index in [1.54, 1.807) is 4.57 Å². The van der Waals surface area contributed by atoms with Gasteiger partial charge >= 0.3 is 4.87 Å². The number of aryl methyl sites for hydroxylation is 1. The summed E-state index contributed by atoms with van der Waals surface area (Å²) in [4.78, 5) is 24.8. The molecule has 0 aliphatic heterocycles. The van der Waals surface area contributed by atoms with Crippen LogP contribution in [0.4, 0.5) is 0 Å². The predicted octanol–water partition coefficient (Wildman–Crippen LogP) is 1.16. The number of nitrogens with zero attached hydrogens (tertiary/aromatic N) is 1. The lowest BCUT2D eigenvalue weighted by Crippen LogP contribution is -2.40. The molecule has 0 radical (unpaired) electrons. The van der Waals surface area contributed by atoms with Crippen molar-refractivity contribution in [2.24, 2.45) is 11.7 Å². The molecule has 1 fully saturated rings. The van der Waals surface area contributed by atoms with Crippen molar-refractivity contribution < 1.29 is 4.79 Å². The summed E-state index contributed by atoms with van der Waals surface area (Å²) in [7, 11) is 0. The maximum absolute atomic E-state index is 12.0. The van der Waals surface area contributed by atoms with Gasteiger partial charge in [-0.3, -0.25) is 9.59 Å². The third-order valence-corrected chi connectivity index (χ3v) is 5.24. The van der Waals surface area contributed by atoms with Gasteiger partial charge in [0.1, 0.15) is 0 Å². The van der Waals surface area contributed by atoms with E-state index in [2.05, 4.69) is 5.32 Å². The largest absolute Gasteiger partial charge is 0.353 e. The second-order valence-corrected chi connectivity index (χ2v) is 6.68. The summed E-state index contributed by atoms with van der Waals surface area (Å²) in [6.07, 6.45) is 3.60. The highest BCUT2D eigenvalue weighted by molar-refractivity contribution is 7.09. The number of hydrogen-bond acceptors (Lipinski definition) is 4. The number of rotatable bonds is 5. The summed E-state index contributed by atoms with van der Waals surface area (Å²) in [6, 6.07) is 0.217. The lowest BCUT2D eigenvalue weighted by molar-refractivity contribution is -0.122. The molecule has 1 aliphatic carbocycles. The van der Waals surface area contributed by atoms with Gasteiger partial charge in [-0.25, -0.2) is 0 Å². The Morgan fingerprint density at radius 2 is 2.20 bits per heavy atom. The topological polar surface area (TPSA) is 77.1 Å². The molecular weight excluding hydrogens is 274 g/mol. The van der Waals surface area contributed by atoms with Crippen molar-refractivity contribution in [2.75, 3.05) is 6.54 Å². The van der Waals surface area contributed by atoms with Crippen molar-refractivity contribution >= 4 is 17.2 Å². The van der Waals surface area contributed by atoms with Crippen molar-refractivity contribution in [2.45, 2.75) is 52.1 Å². The molecule has 0 spiro atoms. The Balaban J connectivity index is 1.88. The lowest BCUT2D eigenvalue weighted by atomic mass is 10.0. The first-order chi connectivity index (χ1) is 9.52. The molecule has 20 heavy (non-hydrogen) atoms. The number of hydrogen-bond donors (Lipinski definition) is 2. The normalized spacial score (nSPS) is 22.1. The highest BCUT2D eigenvalue weighted by Crippen LogP contribution is 2.24. The molecule has 1 saturated carbocycles. The zero-order valence-corrected chi connectivity index (χ0v) is 13.0. The van der Waals surface area contributed by atoms with Crippen LogP contribution in [0.2, 0.25) is 0 Å². The van der Waals surface area contributed by atoms with Crippen molar-refractivity contribution in [1.29, 1.82) is 0 Å². The molecule has 1 aromatic heterocycles. The van der Waals surface area contributed by atoms with Gasteiger partial charge in [0.2, 0.25) is 5.91 Å². The molecule has 0 aromatic carbocycles. The van der Waals surface area contributed by atoms with Gasteiger partial charge in [0.15, 0.2) is 0 Å². The van der Waals surface area contributed by atoms with Crippen LogP contribution in [0.5, 0.6) is 0 Å². The second kappa shape index (κ2) is 6.54. The van der Waals surface area contributed by atoms with E-state index in [1.807, 2.05) is 13.8 Å². The Kier molecular flexibility index (Phi) is 4.99. The maximum atomic E-state index is 12.0. The average molecular weight is 297 g/mol. The molecular formula is C14H23N3O2S. The minimum absolute atomic E-state index is 0.0190. The summed E-state index contributed by atoms with van der Waals surface area (Å²) in [5.41, 5.74) is 6.68. The fourth-order valence-corrected chi connectivity index (χ4v) is 3.71. The number of aromatic nitrogens is 1. The zero-order chi connectivity index (χ0) is 14.7. The van der Waals surface area contributed by atoms with E-state index in [0.29, 0.717) is 25.4 Å². The lowest BCUT2D eigenvalue weighted by Gasteiger charge is -2.19. The van der Waals surface area contributed by atoms with Crippen LogP contribution < -0.4 is 15.9 Å². The molecule has 2 atom stereocenters. The van der Waals surface area contributed by atoms with Crippen LogP contribution in [0.15, 0.2) is 4.79 Å². The van der Waals surface area contributed by atoms with Crippen LogP contribution in [0.25, 0.3) is 0 Å². The van der Waals surface area contributed by atoms with Crippen LogP contribution in [-0.4, -0.2) is 23.1 Å². The van der Waals surface area contributed by atoms with Crippen LogP contribution in [0.3, 0.4) is 0 Å². The van der Waals surface area contributed by atoms with Crippen LogP contribution in [0, 0.1) is 19.8 Å². The monoisotopic (exact) mass is 297 g/mol. The number of amides is 1. The van der Waals surface area contributed by atoms with E-state index < -0.39 is 0 Å². The molecule has 112 valence electrons. The zero-order valence-electron chi connectivity index (χ0n) is 12.1. The van der Waals surface area contributed by atoms with E-state index in [0.717, 1.165) is 29.8 Å². The molecule has 1 heterocycles. The number of thiazole rings is 1. The Hall–Kier alpha value is -1.14. The van der Waals surface area contributed by atoms with Gasteiger partial charge in [-0.15, -0.1) is 0 Å². The number of carbonyl (C=O) groups is 1. The Labute approximate surface area is 123 Å². The quantitative estimate of drug-likeness (QED) is 0.856. The van der Waals surface area contributed by atoms with E-state index in [1.165, 1.54) is 11.3 Å². The molecule has 1 aromatic rings. The molecule has 0 bridgehead atoms. The summed E-state index contributed by atoms with van der Waals surface area (Å²) < 4.78 is 1.69. The van der Waals surface area contributed by atoms with Gasteiger partial charge in [0.05, 0.1) is 0 Å². The third kappa shape index (κ3) is 3.30. The van der Waals surface area contributed by atoms with E-state index in [9.17, 15) is 9.59 Å². The summed E-state index contributed by atoms with van der Waals surface area (Å²) >= 11 is 1.24. The van der Waals surface area contributed by atoms with E-state index >= 15 is 0 Å². The molecule has 3 N–H and O–H groups in total. The smallest absolute Gasteiger partial charge is 0.307 e. The number of nitrogens with two attached hydrogens (primary N) is 1.